The van der Waals surface area contributed by atoms with Crippen LogP contribution < -0.4 is 5.32 Å². The summed E-state index contributed by atoms with van der Waals surface area (Å²) in [7, 11) is 1.65. The van der Waals surface area contributed by atoms with E-state index in [1.54, 1.807) is 7.11 Å². The molecule has 6 nitrogen and oxygen atoms in total. The molecule has 2 heterocycles. The zero-order chi connectivity index (χ0) is 17.5. The summed E-state index contributed by atoms with van der Waals surface area (Å²) in [4.78, 5) is 16.6. The van der Waals surface area contributed by atoms with Crippen molar-refractivity contribution in [3.63, 3.8) is 0 Å². The average molecular weight is 345 g/mol. The van der Waals surface area contributed by atoms with Crippen LogP contribution in [0.3, 0.4) is 0 Å². The molecule has 136 valence electrons. The predicted octanol–water partition coefficient (Wildman–Crippen LogP) is 1.44. The van der Waals surface area contributed by atoms with Crippen molar-refractivity contribution in [1.82, 2.24) is 15.1 Å². The summed E-state index contributed by atoms with van der Waals surface area (Å²) in [6.45, 7) is 5.25. The van der Waals surface area contributed by atoms with E-state index in [1.807, 2.05) is 23.1 Å². The van der Waals surface area contributed by atoms with E-state index in [9.17, 15) is 4.79 Å². The van der Waals surface area contributed by atoms with E-state index in [0.29, 0.717) is 13.2 Å². The summed E-state index contributed by atoms with van der Waals surface area (Å²) >= 11 is 0. The Balaban J connectivity index is 1.39. The van der Waals surface area contributed by atoms with Crippen LogP contribution in [0.1, 0.15) is 5.56 Å². The van der Waals surface area contributed by atoms with Gasteiger partial charge in [-0.1, -0.05) is 42.5 Å². The average Bonchev–Trinajstić information content (AvgIpc) is 3.10. The van der Waals surface area contributed by atoms with Gasteiger partial charge in [0.25, 0.3) is 0 Å². The Labute approximate surface area is 149 Å². The number of carbonyl (C=O) groups is 1. The van der Waals surface area contributed by atoms with E-state index in [2.05, 4.69) is 34.5 Å². The number of nitrogens with zero attached hydrogens (tertiary/aromatic N) is 2. The molecule has 1 N–H and O–H groups in total. The van der Waals surface area contributed by atoms with Crippen LogP contribution in [-0.4, -0.2) is 81.0 Å². The normalized spacial score (nSPS) is 24.8. The summed E-state index contributed by atoms with van der Waals surface area (Å²) in [5, 5.41) is 3.03. The molecular formula is C19H27N3O3. The van der Waals surface area contributed by atoms with Crippen LogP contribution in [0.4, 0.5) is 4.79 Å². The minimum absolute atomic E-state index is 0.0166. The van der Waals surface area contributed by atoms with Crippen LogP contribution >= 0.6 is 0 Å². The van der Waals surface area contributed by atoms with Gasteiger partial charge in [-0.25, -0.2) is 4.79 Å². The third-order valence-electron chi connectivity index (χ3n) is 4.77. The van der Waals surface area contributed by atoms with E-state index in [1.165, 1.54) is 5.56 Å². The Morgan fingerprint density at radius 2 is 2.00 bits per heavy atom. The third-order valence-corrected chi connectivity index (χ3v) is 4.77. The van der Waals surface area contributed by atoms with Gasteiger partial charge >= 0.3 is 6.03 Å². The largest absolute Gasteiger partial charge is 0.377 e. The molecule has 2 saturated heterocycles. The number of hydrogen-bond acceptors (Lipinski definition) is 4. The molecule has 2 fully saturated rings. The SMILES string of the molecule is CO[C@H]1COC[C@@H]1NC(=O)N1CCN(C/C=C/c2ccccc2)CC1. The number of nitrogens with one attached hydrogen (secondary N) is 1. The Kier molecular flexibility index (Phi) is 6.44. The zero-order valence-corrected chi connectivity index (χ0v) is 14.8. The highest BCUT2D eigenvalue weighted by molar-refractivity contribution is 5.74. The predicted molar refractivity (Wildman–Crippen MR) is 97.4 cm³/mol. The monoisotopic (exact) mass is 345 g/mol. The lowest BCUT2D eigenvalue weighted by Crippen LogP contribution is -2.55. The molecule has 0 radical (unpaired) electrons. The van der Waals surface area contributed by atoms with Gasteiger partial charge in [0.1, 0.15) is 6.10 Å². The van der Waals surface area contributed by atoms with Crippen molar-refractivity contribution in [2.45, 2.75) is 12.1 Å². The third kappa shape index (κ3) is 5.04. The molecule has 1 aromatic rings. The first-order valence-corrected chi connectivity index (χ1v) is 8.86. The molecule has 2 aliphatic heterocycles. The molecule has 0 spiro atoms. The van der Waals surface area contributed by atoms with Crippen LogP contribution in [0.5, 0.6) is 0 Å². The molecule has 0 aromatic heterocycles. The highest BCUT2D eigenvalue weighted by Gasteiger charge is 2.31. The van der Waals surface area contributed by atoms with E-state index in [0.717, 1.165) is 32.7 Å². The van der Waals surface area contributed by atoms with Gasteiger partial charge in [0.05, 0.1) is 19.3 Å². The molecule has 0 unspecified atom stereocenters. The first kappa shape index (κ1) is 17.9. The number of carbonyl (C=O) groups excluding carboxylic acids is 1. The number of urea groups is 1. The molecular weight excluding hydrogens is 318 g/mol. The number of rotatable bonds is 5. The Bertz CT molecular complexity index is 571. The summed E-state index contributed by atoms with van der Waals surface area (Å²) < 4.78 is 10.7. The molecule has 2 aliphatic rings. The van der Waals surface area contributed by atoms with E-state index in [-0.39, 0.29) is 18.2 Å². The standard InChI is InChI=1S/C19H27N3O3/c1-24-18-15-25-14-17(18)20-19(23)22-12-10-21(11-13-22)9-5-8-16-6-3-2-4-7-16/h2-8,17-18H,9-15H2,1H3,(H,20,23)/b8-5+/t17-,18-/m0/s1. The molecule has 0 saturated carbocycles. The highest BCUT2D eigenvalue weighted by atomic mass is 16.5. The van der Waals surface area contributed by atoms with Gasteiger partial charge in [-0.15, -0.1) is 0 Å². The van der Waals surface area contributed by atoms with E-state index < -0.39 is 0 Å². The fourth-order valence-corrected chi connectivity index (χ4v) is 3.19. The van der Waals surface area contributed by atoms with Gasteiger partial charge in [-0.2, -0.15) is 0 Å². The molecule has 2 atom stereocenters. The van der Waals surface area contributed by atoms with Gasteiger partial charge in [-0.3, -0.25) is 4.90 Å². The summed E-state index contributed by atoms with van der Waals surface area (Å²) in [5.74, 6) is 0. The maximum Gasteiger partial charge on any atom is 0.317 e. The number of hydrogen-bond donors (Lipinski definition) is 1. The number of benzene rings is 1. The summed E-state index contributed by atoms with van der Waals surface area (Å²) in [6, 6.07) is 10.2. The van der Waals surface area contributed by atoms with Crippen molar-refractivity contribution in [1.29, 1.82) is 0 Å². The fraction of sp³-hybridized carbons (Fsp3) is 0.526. The molecule has 3 rings (SSSR count). The van der Waals surface area contributed by atoms with Crippen LogP contribution in [0, 0.1) is 0 Å². The molecule has 2 amide bonds. The maximum atomic E-state index is 12.4. The topological polar surface area (TPSA) is 54.0 Å². The van der Waals surface area contributed by atoms with Crippen LogP contribution in [0.2, 0.25) is 0 Å². The van der Waals surface area contributed by atoms with Crippen LogP contribution in [0.25, 0.3) is 6.08 Å². The molecule has 0 bridgehead atoms. The molecule has 1 aromatic carbocycles. The molecule has 6 heteroatoms. The van der Waals surface area contributed by atoms with Crippen molar-refractivity contribution in [3.05, 3.63) is 42.0 Å². The van der Waals surface area contributed by atoms with Crippen molar-refractivity contribution in [3.8, 4) is 0 Å². The molecule has 25 heavy (non-hydrogen) atoms. The van der Waals surface area contributed by atoms with Gasteiger partial charge < -0.3 is 19.7 Å². The van der Waals surface area contributed by atoms with Crippen molar-refractivity contribution >= 4 is 12.1 Å². The van der Waals surface area contributed by atoms with E-state index in [4.69, 9.17) is 9.47 Å². The summed E-state index contributed by atoms with van der Waals surface area (Å²) in [5.41, 5.74) is 1.21. The number of amides is 2. The van der Waals surface area contributed by atoms with Gasteiger partial charge in [0, 0.05) is 39.8 Å². The van der Waals surface area contributed by atoms with Crippen molar-refractivity contribution in [2.75, 3.05) is 53.0 Å². The van der Waals surface area contributed by atoms with Gasteiger partial charge in [0.2, 0.25) is 0 Å². The van der Waals surface area contributed by atoms with Crippen LogP contribution in [0.15, 0.2) is 36.4 Å². The maximum absolute atomic E-state index is 12.4. The Hall–Kier alpha value is -1.89. The quantitative estimate of drug-likeness (QED) is 0.877. The first-order chi connectivity index (χ1) is 12.3. The minimum Gasteiger partial charge on any atom is -0.377 e. The van der Waals surface area contributed by atoms with Gasteiger partial charge in [-0.05, 0) is 5.56 Å². The summed E-state index contributed by atoms with van der Waals surface area (Å²) in [6.07, 6.45) is 4.28. The lowest BCUT2D eigenvalue weighted by Gasteiger charge is -2.35. The van der Waals surface area contributed by atoms with Gasteiger partial charge in [0.15, 0.2) is 0 Å². The number of ether oxygens (including phenoxy) is 2. The zero-order valence-electron chi connectivity index (χ0n) is 14.8. The fourth-order valence-electron chi connectivity index (χ4n) is 3.19. The first-order valence-electron chi connectivity index (χ1n) is 8.86. The number of piperazine rings is 1. The lowest BCUT2D eigenvalue weighted by atomic mass is 10.2. The highest BCUT2D eigenvalue weighted by Crippen LogP contribution is 2.10. The molecule has 0 aliphatic carbocycles. The smallest absolute Gasteiger partial charge is 0.317 e. The minimum atomic E-state index is -0.0515. The van der Waals surface area contributed by atoms with E-state index >= 15 is 0 Å². The second kappa shape index (κ2) is 8.99. The Morgan fingerprint density at radius 3 is 2.72 bits per heavy atom. The van der Waals surface area contributed by atoms with Crippen LogP contribution in [-0.2, 0) is 9.47 Å². The van der Waals surface area contributed by atoms with Crippen molar-refractivity contribution in [2.24, 2.45) is 0 Å². The number of methoxy groups -OCH3 is 1. The van der Waals surface area contributed by atoms with Crippen molar-refractivity contribution < 1.29 is 14.3 Å². The Morgan fingerprint density at radius 1 is 1.24 bits per heavy atom. The second-order valence-corrected chi connectivity index (χ2v) is 6.47. The lowest BCUT2D eigenvalue weighted by molar-refractivity contribution is 0.0725. The second-order valence-electron chi connectivity index (χ2n) is 6.47.